The Hall–Kier alpha value is -3.87. The number of para-hydroxylation sites is 1. The van der Waals surface area contributed by atoms with Crippen LogP contribution < -0.4 is 4.90 Å². The third kappa shape index (κ3) is 3.50. The van der Waals surface area contributed by atoms with Crippen LogP contribution in [0.3, 0.4) is 0 Å². The van der Waals surface area contributed by atoms with Crippen LogP contribution in [0.5, 0.6) is 0 Å². The van der Waals surface area contributed by atoms with E-state index in [1.54, 1.807) is 36.5 Å². The summed E-state index contributed by atoms with van der Waals surface area (Å²) in [4.78, 5) is 22.1. The van der Waals surface area contributed by atoms with Crippen molar-refractivity contribution in [2.24, 2.45) is 0 Å². The van der Waals surface area contributed by atoms with Gasteiger partial charge in [-0.05, 0) is 37.3 Å². The Morgan fingerprint density at radius 3 is 2.59 bits per heavy atom. The molecule has 0 saturated heterocycles. The zero-order valence-corrected chi connectivity index (χ0v) is 15.8. The fraction of sp³-hybridized carbons (Fsp3) is 0.0909. The van der Waals surface area contributed by atoms with E-state index in [0.29, 0.717) is 16.9 Å². The highest BCUT2D eigenvalue weighted by molar-refractivity contribution is 6.02. The molecule has 2 aromatic carbocycles. The molecule has 1 amide bonds. The van der Waals surface area contributed by atoms with Crippen LogP contribution in [0.1, 0.15) is 12.5 Å². The van der Waals surface area contributed by atoms with E-state index in [4.69, 9.17) is 4.52 Å². The van der Waals surface area contributed by atoms with Gasteiger partial charge in [0.2, 0.25) is 11.8 Å². The van der Waals surface area contributed by atoms with Crippen molar-refractivity contribution in [1.82, 2.24) is 15.1 Å². The summed E-state index contributed by atoms with van der Waals surface area (Å²) in [5.41, 5.74) is 2.88. The van der Waals surface area contributed by atoms with Gasteiger partial charge >= 0.3 is 0 Å². The molecule has 144 valence electrons. The molecule has 0 saturated carbocycles. The highest BCUT2D eigenvalue weighted by Gasteiger charge is 2.29. The lowest BCUT2D eigenvalue weighted by Crippen LogP contribution is -2.22. The number of anilines is 2. The largest absolute Gasteiger partial charge is 0.336 e. The minimum Gasteiger partial charge on any atom is -0.336 e. The van der Waals surface area contributed by atoms with Gasteiger partial charge in [-0.1, -0.05) is 35.0 Å². The quantitative estimate of drug-likeness (QED) is 0.496. The van der Waals surface area contributed by atoms with Crippen molar-refractivity contribution < 1.29 is 13.7 Å². The zero-order chi connectivity index (χ0) is 20.4. The van der Waals surface area contributed by atoms with Crippen molar-refractivity contribution in [3.05, 3.63) is 78.5 Å². The lowest BCUT2D eigenvalue weighted by Gasteiger charge is -2.19. The second-order valence-corrected chi connectivity index (χ2v) is 6.48. The molecule has 0 aliphatic heterocycles. The van der Waals surface area contributed by atoms with Crippen LogP contribution in [0.4, 0.5) is 16.0 Å². The molecule has 2 aromatic heterocycles. The van der Waals surface area contributed by atoms with Crippen LogP contribution in [0, 0.1) is 12.7 Å². The summed E-state index contributed by atoms with van der Waals surface area (Å²) in [6.45, 7) is 3.28. The monoisotopic (exact) mass is 388 g/mol. The molecule has 2 heterocycles. The first-order valence-corrected chi connectivity index (χ1v) is 8.94. The Morgan fingerprint density at radius 2 is 1.90 bits per heavy atom. The van der Waals surface area contributed by atoms with E-state index in [0.717, 1.165) is 5.56 Å². The number of aryl methyl sites for hydroxylation is 1. The maximum atomic E-state index is 14.6. The molecular weight excluding hydrogens is 371 g/mol. The van der Waals surface area contributed by atoms with E-state index in [1.165, 1.54) is 24.2 Å². The molecule has 4 rings (SSSR count). The average Bonchev–Trinajstić information content (AvgIpc) is 3.15. The minimum absolute atomic E-state index is 0.165. The van der Waals surface area contributed by atoms with Crippen LogP contribution in [0.15, 0.2) is 71.6 Å². The Balaban J connectivity index is 2.00. The molecule has 0 radical (unpaired) electrons. The SMILES string of the molecule is CC(=O)N(c1ccccc1)c1onc(-c2cc(C)ccc2F)c1-c1ccncn1. The van der Waals surface area contributed by atoms with E-state index in [-0.39, 0.29) is 23.0 Å². The van der Waals surface area contributed by atoms with Crippen LogP contribution in [0.25, 0.3) is 22.5 Å². The lowest BCUT2D eigenvalue weighted by atomic mass is 10.0. The molecular formula is C22H17FN4O2. The third-order valence-corrected chi connectivity index (χ3v) is 4.42. The van der Waals surface area contributed by atoms with Gasteiger partial charge in [0.1, 0.15) is 17.8 Å². The van der Waals surface area contributed by atoms with Gasteiger partial charge in [0.05, 0.1) is 16.9 Å². The Morgan fingerprint density at radius 1 is 1.10 bits per heavy atom. The van der Waals surface area contributed by atoms with Crippen molar-refractivity contribution in [3.8, 4) is 22.5 Å². The summed E-state index contributed by atoms with van der Waals surface area (Å²) in [6.07, 6.45) is 2.94. The van der Waals surface area contributed by atoms with Gasteiger partial charge in [-0.2, -0.15) is 0 Å². The van der Waals surface area contributed by atoms with Gasteiger partial charge in [0.25, 0.3) is 0 Å². The number of carbonyl (C=O) groups is 1. The van der Waals surface area contributed by atoms with Crippen molar-refractivity contribution in [3.63, 3.8) is 0 Å². The van der Waals surface area contributed by atoms with Crippen molar-refractivity contribution in [2.75, 3.05) is 4.90 Å². The summed E-state index contributed by atoms with van der Waals surface area (Å²) in [7, 11) is 0. The maximum Gasteiger partial charge on any atom is 0.248 e. The molecule has 0 aliphatic rings. The lowest BCUT2D eigenvalue weighted by molar-refractivity contribution is -0.116. The van der Waals surface area contributed by atoms with Gasteiger partial charge in [0.15, 0.2) is 0 Å². The topological polar surface area (TPSA) is 72.1 Å². The second-order valence-electron chi connectivity index (χ2n) is 6.48. The number of halogens is 1. The summed E-state index contributed by atoms with van der Waals surface area (Å²) in [6, 6.07) is 15.4. The molecule has 0 bridgehead atoms. The first kappa shape index (κ1) is 18.5. The average molecular weight is 388 g/mol. The first-order chi connectivity index (χ1) is 14.1. The van der Waals surface area contributed by atoms with E-state index < -0.39 is 5.82 Å². The van der Waals surface area contributed by atoms with E-state index in [2.05, 4.69) is 15.1 Å². The molecule has 0 fully saturated rings. The molecule has 0 atom stereocenters. The number of rotatable bonds is 4. The van der Waals surface area contributed by atoms with Crippen LogP contribution in [-0.2, 0) is 4.79 Å². The molecule has 0 N–H and O–H groups in total. The normalized spacial score (nSPS) is 10.7. The maximum absolute atomic E-state index is 14.6. The van der Waals surface area contributed by atoms with Crippen molar-refractivity contribution in [2.45, 2.75) is 13.8 Å². The smallest absolute Gasteiger partial charge is 0.248 e. The Labute approximate surface area is 166 Å². The van der Waals surface area contributed by atoms with Crippen LogP contribution >= 0.6 is 0 Å². The molecule has 0 unspecified atom stereocenters. The van der Waals surface area contributed by atoms with Crippen LogP contribution in [0.2, 0.25) is 0 Å². The van der Waals surface area contributed by atoms with E-state index >= 15 is 0 Å². The van der Waals surface area contributed by atoms with Crippen molar-refractivity contribution >= 4 is 17.5 Å². The van der Waals surface area contributed by atoms with Crippen molar-refractivity contribution in [1.29, 1.82) is 0 Å². The molecule has 4 aromatic rings. The van der Waals surface area contributed by atoms with Crippen LogP contribution in [-0.4, -0.2) is 21.0 Å². The number of carbonyl (C=O) groups excluding carboxylic acids is 1. The fourth-order valence-corrected chi connectivity index (χ4v) is 3.13. The highest BCUT2D eigenvalue weighted by Crippen LogP contribution is 2.42. The summed E-state index contributed by atoms with van der Waals surface area (Å²) in [5, 5.41) is 4.12. The highest BCUT2D eigenvalue weighted by atomic mass is 19.1. The Bertz CT molecular complexity index is 1160. The van der Waals surface area contributed by atoms with Gasteiger partial charge in [-0.3, -0.25) is 4.79 Å². The summed E-state index contributed by atoms with van der Waals surface area (Å²) < 4.78 is 20.3. The van der Waals surface area contributed by atoms with Gasteiger partial charge in [0, 0.05) is 18.7 Å². The van der Waals surface area contributed by atoms with E-state index in [9.17, 15) is 9.18 Å². The molecule has 0 spiro atoms. The van der Waals surface area contributed by atoms with Gasteiger partial charge in [-0.25, -0.2) is 19.3 Å². The molecule has 0 aliphatic carbocycles. The summed E-state index contributed by atoms with van der Waals surface area (Å²) >= 11 is 0. The first-order valence-electron chi connectivity index (χ1n) is 8.94. The van der Waals surface area contributed by atoms with E-state index in [1.807, 2.05) is 25.1 Å². The second kappa shape index (κ2) is 7.63. The predicted octanol–water partition coefficient (Wildman–Crippen LogP) is 4.93. The number of hydrogen-bond acceptors (Lipinski definition) is 5. The standard InChI is InChI=1S/C22H17FN4O2/c1-14-8-9-18(23)17(12-14)21-20(19-10-11-24-13-25-19)22(29-26-21)27(15(2)28)16-6-4-3-5-7-16/h3-13H,1-2H3. The number of amides is 1. The number of nitrogens with zero attached hydrogens (tertiary/aromatic N) is 4. The fourth-order valence-electron chi connectivity index (χ4n) is 3.13. The summed E-state index contributed by atoms with van der Waals surface area (Å²) in [5.74, 6) is -0.558. The zero-order valence-electron chi connectivity index (χ0n) is 15.8. The van der Waals surface area contributed by atoms with Gasteiger partial charge in [-0.15, -0.1) is 0 Å². The number of benzene rings is 2. The predicted molar refractivity (Wildman–Crippen MR) is 107 cm³/mol. The molecule has 6 nitrogen and oxygen atoms in total. The number of aromatic nitrogens is 3. The minimum atomic E-state index is -0.445. The number of hydrogen-bond donors (Lipinski definition) is 0. The Kier molecular flexibility index (Phi) is 4.87. The molecule has 7 heteroatoms. The third-order valence-electron chi connectivity index (χ3n) is 4.42. The molecule has 29 heavy (non-hydrogen) atoms. The van der Waals surface area contributed by atoms with Gasteiger partial charge < -0.3 is 4.52 Å².